The van der Waals surface area contributed by atoms with Gasteiger partial charge >= 0.3 is 6.18 Å². The summed E-state index contributed by atoms with van der Waals surface area (Å²) in [6, 6.07) is 3.29. The zero-order valence-electron chi connectivity index (χ0n) is 9.85. The number of halogens is 3. The Morgan fingerprint density at radius 2 is 1.76 bits per heavy atom. The van der Waals surface area contributed by atoms with Crippen molar-refractivity contribution in [1.29, 1.82) is 0 Å². The highest BCUT2D eigenvalue weighted by molar-refractivity contribution is 5.29. The first-order chi connectivity index (χ1) is 7.98. The molecule has 1 heterocycles. The van der Waals surface area contributed by atoms with Crippen molar-refractivity contribution in [2.24, 2.45) is 0 Å². The highest BCUT2D eigenvalue weighted by Gasteiger charge is 2.37. The topological polar surface area (TPSA) is 12.9 Å². The van der Waals surface area contributed by atoms with Crippen LogP contribution in [0, 0.1) is 6.92 Å². The number of hydrogen-bond donors (Lipinski definition) is 0. The van der Waals surface area contributed by atoms with Gasteiger partial charge in [0.1, 0.15) is 5.69 Å². The zero-order chi connectivity index (χ0) is 12.5. The fourth-order valence-corrected chi connectivity index (χ4v) is 2.54. The molecule has 0 aliphatic heterocycles. The molecule has 1 fully saturated rings. The van der Waals surface area contributed by atoms with Crippen molar-refractivity contribution in [3.8, 4) is 0 Å². The Morgan fingerprint density at radius 3 is 2.35 bits per heavy atom. The molecular formula is C13H16F3N. The summed E-state index contributed by atoms with van der Waals surface area (Å²) in [6.45, 7) is 1.60. The maximum Gasteiger partial charge on any atom is 0.433 e. The van der Waals surface area contributed by atoms with E-state index >= 15 is 0 Å². The van der Waals surface area contributed by atoms with Crippen molar-refractivity contribution >= 4 is 0 Å². The lowest BCUT2D eigenvalue weighted by Crippen LogP contribution is -2.16. The lowest BCUT2D eigenvalue weighted by Gasteiger charge is -2.24. The Bertz CT molecular complexity index is 392. The first-order valence-electron chi connectivity index (χ1n) is 6.03. The van der Waals surface area contributed by atoms with E-state index in [-0.39, 0.29) is 5.92 Å². The highest BCUT2D eigenvalue weighted by Crippen LogP contribution is 2.39. The Labute approximate surface area is 99.1 Å². The second kappa shape index (κ2) is 4.67. The van der Waals surface area contributed by atoms with E-state index in [2.05, 4.69) is 4.98 Å². The number of aromatic nitrogens is 1. The third-order valence-electron chi connectivity index (χ3n) is 3.38. The average molecular weight is 243 g/mol. The van der Waals surface area contributed by atoms with E-state index < -0.39 is 11.9 Å². The minimum atomic E-state index is -4.33. The van der Waals surface area contributed by atoms with Crippen molar-refractivity contribution in [2.45, 2.75) is 51.1 Å². The molecule has 0 atom stereocenters. The molecule has 1 aromatic rings. The van der Waals surface area contributed by atoms with Crippen LogP contribution >= 0.6 is 0 Å². The van der Waals surface area contributed by atoms with E-state index in [4.69, 9.17) is 0 Å². The molecule has 94 valence electrons. The van der Waals surface area contributed by atoms with Gasteiger partial charge in [0.2, 0.25) is 0 Å². The van der Waals surface area contributed by atoms with Crippen LogP contribution in [0.2, 0.25) is 0 Å². The summed E-state index contributed by atoms with van der Waals surface area (Å²) in [6.07, 6.45) is 0.559. The summed E-state index contributed by atoms with van der Waals surface area (Å²) >= 11 is 0. The van der Waals surface area contributed by atoms with Crippen molar-refractivity contribution in [1.82, 2.24) is 4.98 Å². The number of nitrogens with zero attached hydrogens (tertiary/aromatic N) is 1. The van der Waals surface area contributed by atoms with Crippen molar-refractivity contribution < 1.29 is 13.2 Å². The molecule has 0 amide bonds. The van der Waals surface area contributed by atoms with Gasteiger partial charge in [-0.05, 0) is 37.3 Å². The smallest absolute Gasteiger partial charge is 0.248 e. The summed E-state index contributed by atoms with van der Waals surface area (Å²) in [5.41, 5.74) is 0.143. The van der Waals surface area contributed by atoms with Crippen LogP contribution in [0.3, 0.4) is 0 Å². The van der Waals surface area contributed by atoms with Gasteiger partial charge in [-0.15, -0.1) is 0 Å². The SMILES string of the molecule is Cc1ccc(C2CCCCC2)c(C(F)(F)F)n1. The molecular weight excluding hydrogens is 227 g/mol. The lowest BCUT2D eigenvalue weighted by atomic mass is 9.83. The highest BCUT2D eigenvalue weighted by atomic mass is 19.4. The molecule has 0 saturated heterocycles. The van der Waals surface area contributed by atoms with Crippen LogP contribution in [0.5, 0.6) is 0 Å². The first-order valence-corrected chi connectivity index (χ1v) is 6.03. The van der Waals surface area contributed by atoms with E-state index in [9.17, 15) is 13.2 Å². The normalized spacial score (nSPS) is 18.4. The Balaban J connectivity index is 2.38. The second-order valence-corrected chi connectivity index (χ2v) is 4.72. The standard InChI is InChI=1S/C13H16F3N/c1-9-7-8-11(10-5-3-2-4-6-10)12(17-9)13(14,15)16/h7-8,10H,2-6H2,1H3. The van der Waals surface area contributed by atoms with Crippen LogP contribution in [0.15, 0.2) is 12.1 Å². The molecule has 0 aromatic carbocycles. The molecule has 2 rings (SSSR count). The largest absolute Gasteiger partial charge is 0.433 e. The summed E-state index contributed by atoms with van der Waals surface area (Å²) in [4.78, 5) is 3.69. The maximum atomic E-state index is 12.9. The molecule has 0 radical (unpaired) electrons. The molecule has 1 aliphatic carbocycles. The van der Waals surface area contributed by atoms with Gasteiger partial charge in [-0.3, -0.25) is 0 Å². The summed E-state index contributed by atoms with van der Waals surface area (Å²) in [7, 11) is 0. The Kier molecular flexibility index (Phi) is 3.40. The van der Waals surface area contributed by atoms with Crippen LogP contribution in [-0.4, -0.2) is 4.98 Å². The molecule has 1 saturated carbocycles. The zero-order valence-corrected chi connectivity index (χ0v) is 9.85. The summed E-state index contributed by atoms with van der Waals surface area (Å²) < 4.78 is 38.8. The minimum Gasteiger partial charge on any atom is -0.248 e. The molecule has 1 aliphatic rings. The molecule has 4 heteroatoms. The maximum absolute atomic E-state index is 12.9. The lowest BCUT2D eigenvalue weighted by molar-refractivity contribution is -0.142. The summed E-state index contributed by atoms with van der Waals surface area (Å²) in [5, 5.41) is 0. The molecule has 0 bridgehead atoms. The van der Waals surface area contributed by atoms with Gasteiger partial charge < -0.3 is 0 Å². The van der Waals surface area contributed by atoms with Crippen LogP contribution in [0.1, 0.15) is 55.0 Å². The van der Waals surface area contributed by atoms with Gasteiger partial charge in [-0.1, -0.05) is 25.3 Å². The van der Waals surface area contributed by atoms with Crippen molar-refractivity contribution in [3.63, 3.8) is 0 Å². The fourth-order valence-electron chi connectivity index (χ4n) is 2.54. The first kappa shape index (κ1) is 12.4. The molecule has 0 unspecified atom stereocenters. The van der Waals surface area contributed by atoms with Crippen molar-refractivity contribution in [2.75, 3.05) is 0 Å². The third-order valence-corrected chi connectivity index (χ3v) is 3.38. The molecule has 1 nitrogen and oxygen atoms in total. The van der Waals surface area contributed by atoms with E-state index in [1.54, 1.807) is 19.1 Å². The van der Waals surface area contributed by atoms with E-state index in [1.807, 2.05) is 0 Å². The number of hydrogen-bond acceptors (Lipinski definition) is 1. The van der Waals surface area contributed by atoms with Crippen LogP contribution in [0.25, 0.3) is 0 Å². The fraction of sp³-hybridized carbons (Fsp3) is 0.615. The monoisotopic (exact) mass is 243 g/mol. The third kappa shape index (κ3) is 2.79. The number of pyridine rings is 1. The Hall–Kier alpha value is -1.06. The van der Waals surface area contributed by atoms with Gasteiger partial charge in [-0.25, -0.2) is 4.98 Å². The average Bonchev–Trinajstić information content (AvgIpc) is 2.29. The molecule has 0 spiro atoms. The number of aryl methyl sites for hydroxylation is 1. The second-order valence-electron chi connectivity index (χ2n) is 4.72. The quantitative estimate of drug-likeness (QED) is 0.709. The Morgan fingerprint density at radius 1 is 1.12 bits per heavy atom. The predicted octanol–water partition coefficient (Wildman–Crippen LogP) is 4.46. The van der Waals surface area contributed by atoms with Crippen LogP contribution in [-0.2, 0) is 6.18 Å². The van der Waals surface area contributed by atoms with Gasteiger partial charge in [-0.2, -0.15) is 13.2 Å². The predicted molar refractivity (Wildman–Crippen MR) is 59.8 cm³/mol. The van der Waals surface area contributed by atoms with Crippen LogP contribution < -0.4 is 0 Å². The van der Waals surface area contributed by atoms with Gasteiger partial charge in [0.25, 0.3) is 0 Å². The molecule has 1 aromatic heterocycles. The van der Waals surface area contributed by atoms with E-state index in [0.29, 0.717) is 11.3 Å². The minimum absolute atomic E-state index is 0.0356. The summed E-state index contributed by atoms with van der Waals surface area (Å²) in [5.74, 6) is 0.0356. The van der Waals surface area contributed by atoms with E-state index in [0.717, 1.165) is 32.1 Å². The number of rotatable bonds is 1. The van der Waals surface area contributed by atoms with Crippen LogP contribution in [0.4, 0.5) is 13.2 Å². The molecule has 17 heavy (non-hydrogen) atoms. The van der Waals surface area contributed by atoms with Gasteiger partial charge in [0, 0.05) is 5.69 Å². The van der Waals surface area contributed by atoms with Crippen molar-refractivity contribution in [3.05, 3.63) is 29.1 Å². The van der Waals surface area contributed by atoms with E-state index in [1.165, 1.54) is 0 Å². The van der Waals surface area contributed by atoms with Gasteiger partial charge in [0.15, 0.2) is 0 Å². The van der Waals surface area contributed by atoms with Gasteiger partial charge in [0.05, 0.1) is 0 Å². The molecule has 0 N–H and O–H groups in total. The number of alkyl halides is 3.